The number of fused-ring (bicyclic) bond motifs is 3. The summed E-state index contributed by atoms with van der Waals surface area (Å²) in [6.45, 7) is 0.736. The van der Waals surface area contributed by atoms with E-state index < -0.39 is 0 Å². The van der Waals surface area contributed by atoms with Gasteiger partial charge in [-0.2, -0.15) is 5.21 Å². The van der Waals surface area contributed by atoms with E-state index in [4.69, 9.17) is 11.6 Å². The minimum Gasteiger partial charge on any atom is -0.379 e. The lowest BCUT2D eigenvalue weighted by Gasteiger charge is -2.24. The number of anilines is 3. The second-order valence-electron chi connectivity index (χ2n) is 6.22. The first-order valence-corrected chi connectivity index (χ1v) is 8.94. The summed E-state index contributed by atoms with van der Waals surface area (Å²) in [7, 11) is 0. The third-order valence-electron chi connectivity index (χ3n) is 4.63. The Morgan fingerprint density at radius 3 is 2.81 bits per heavy atom. The molecule has 0 spiro atoms. The molecule has 2 N–H and O–H groups in total. The van der Waals surface area contributed by atoms with Crippen molar-refractivity contribution in [3.63, 3.8) is 0 Å². The van der Waals surface area contributed by atoms with Crippen LogP contribution in [0.25, 0.3) is 22.2 Å². The molecule has 4 aromatic rings. The lowest BCUT2D eigenvalue weighted by molar-refractivity contribution is 0.881. The fourth-order valence-corrected chi connectivity index (χ4v) is 3.59. The van der Waals surface area contributed by atoms with Crippen LogP contribution in [0.15, 0.2) is 66.9 Å². The third-order valence-corrected chi connectivity index (χ3v) is 4.95. The van der Waals surface area contributed by atoms with Gasteiger partial charge in [0.1, 0.15) is 0 Å². The normalized spacial score (nSPS) is 13.3. The van der Waals surface area contributed by atoms with Crippen LogP contribution >= 0.6 is 11.6 Å². The molecule has 6 nitrogen and oxygen atoms in total. The molecule has 0 saturated heterocycles. The van der Waals surface area contributed by atoms with Gasteiger partial charge in [-0.05, 0) is 40.9 Å². The van der Waals surface area contributed by atoms with Gasteiger partial charge in [0.15, 0.2) is 0 Å². The molecule has 0 radical (unpaired) electrons. The fourth-order valence-electron chi connectivity index (χ4n) is 3.38. The molecule has 1 aromatic heterocycles. The smallest absolute Gasteiger partial charge is 0.204 e. The van der Waals surface area contributed by atoms with E-state index in [1.165, 1.54) is 10.8 Å². The number of halogens is 1. The topological polar surface area (TPSA) is 69.7 Å². The fraction of sp³-hybridized carbons (Fsp3) is 0.0500. The highest BCUT2D eigenvalue weighted by Gasteiger charge is 2.19. The Balaban J connectivity index is 1.70. The number of aromatic nitrogens is 4. The number of rotatable bonds is 2. The van der Waals surface area contributed by atoms with E-state index in [9.17, 15) is 0 Å². The van der Waals surface area contributed by atoms with Crippen LogP contribution in [0.4, 0.5) is 17.1 Å². The van der Waals surface area contributed by atoms with Crippen molar-refractivity contribution < 1.29 is 0 Å². The molecular formula is C20H15ClN6. The summed E-state index contributed by atoms with van der Waals surface area (Å²) in [5, 5.41) is 20.8. The summed E-state index contributed by atoms with van der Waals surface area (Å²) in [4.78, 5) is 2.09. The Morgan fingerprint density at radius 1 is 1.00 bits per heavy atom. The SMILES string of the molecule is Clc1ccc(-c2nn[nH]n2)cc1N1C=CCNc2c1ccc1ccccc21. The van der Waals surface area contributed by atoms with Gasteiger partial charge in [-0.3, -0.25) is 0 Å². The number of H-pyrrole nitrogens is 1. The monoisotopic (exact) mass is 374 g/mol. The van der Waals surface area contributed by atoms with Gasteiger partial charge in [-0.15, -0.1) is 10.2 Å². The van der Waals surface area contributed by atoms with Crippen molar-refractivity contribution in [3.05, 3.63) is 71.9 Å². The van der Waals surface area contributed by atoms with E-state index in [2.05, 4.69) is 67.2 Å². The van der Waals surface area contributed by atoms with E-state index >= 15 is 0 Å². The van der Waals surface area contributed by atoms with Gasteiger partial charge >= 0.3 is 0 Å². The molecule has 5 rings (SSSR count). The molecule has 1 aliphatic rings. The van der Waals surface area contributed by atoms with E-state index in [1.807, 2.05) is 30.5 Å². The zero-order chi connectivity index (χ0) is 18.2. The maximum Gasteiger partial charge on any atom is 0.204 e. The second-order valence-corrected chi connectivity index (χ2v) is 6.63. The third kappa shape index (κ3) is 2.71. The minimum absolute atomic E-state index is 0.531. The van der Waals surface area contributed by atoms with Crippen molar-refractivity contribution in [2.45, 2.75) is 0 Å². The molecule has 7 heteroatoms. The lowest BCUT2D eigenvalue weighted by Crippen LogP contribution is -2.10. The Morgan fingerprint density at radius 2 is 1.93 bits per heavy atom. The summed E-state index contributed by atoms with van der Waals surface area (Å²) >= 11 is 6.57. The van der Waals surface area contributed by atoms with Crippen LogP contribution < -0.4 is 10.2 Å². The number of benzene rings is 3. The molecule has 1 aliphatic heterocycles. The Hall–Kier alpha value is -3.38. The van der Waals surface area contributed by atoms with Crippen molar-refractivity contribution >= 4 is 39.4 Å². The first-order chi connectivity index (χ1) is 13.3. The number of hydrogen-bond acceptors (Lipinski definition) is 5. The standard InChI is InChI=1S/C20H15ClN6/c21-16-8-6-14(20-23-25-26-24-20)12-18(16)27-11-3-10-22-19-15-5-2-1-4-13(15)7-9-17(19)27/h1-9,11-12,22H,10H2,(H,23,24,25,26). The largest absolute Gasteiger partial charge is 0.379 e. The lowest BCUT2D eigenvalue weighted by atomic mass is 10.1. The number of hydrogen-bond donors (Lipinski definition) is 2. The number of nitrogens with one attached hydrogen (secondary N) is 2. The van der Waals surface area contributed by atoms with Crippen molar-refractivity contribution in [1.82, 2.24) is 20.6 Å². The quantitative estimate of drug-likeness (QED) is 0.529. The summed E-state index contributed by atoms with van der Waals surface area (Å²) < 4.78 is 0. The predicted octanol–water partition coefficient (Wildman–Crippen LogP) is 4.75. The Bertz CT molecular complexity index is 1150. The summed E-state index contributed by atoms with van der Waals surface area (Å²) in [6.07, 6.45) is 4.11. The van der Waals surface area contributed by atoms with Crippen LogP contribution in [-0.2, 0) is 0 Å². The Kier molecular flexibility index (Phi) is 3.76. The molecule has 0 bridgehead atoms. The molecule has 27 heavy (non-hydrogen) atoms. The van der Waals surface area contributed by atoms with Gasteiger partial charge in [-0.1, -0.05) is 41.9 Å². The number of nitrogens with zero attached hydrogens (tertiary/aromatic N) is 4. The molecule has 132 valence electrons. The first-order valence-electron chi connectivity index (χ1n) is 8.56. The van der Waals surface area contributed by atoms with Crippen molar-refractivity contribution in [1.29, 1.82) is 0 Å². The molecule has 0 unspecified atom stereocenters. The molecule has 0 fully saturated rings. The van der Waals surface area contributed by atoms with Crippen LogP contribution in [0.2, 0.25) is 5.02 Å². The molecule has 0 aliphatic carbocycles. The van der Waals surface area contributed by atoms with Crippen LogP contribution in [0, 0.1) is 0 Å². The van der Waals surface area contributed by atoms with Crippen LogP contribution in [0.3, 0.4) is 0 Å². The van der Waals surface area contributed by atoms with Crippen molar-refractivity contribution in [2.75, 3.05) is 16.8 Å². The molecule has 3 aromatic carbocycles. The van der Waals surface area contributed by atoms with E-state index in [1.54, 1.807) is 0 Å². The minimum atomic E-state index is 0.531. The van der Waals surface area contributed by atoms with Crippen LogP contribution in [-0.4, -0.2) is 27.2 Å². The summed E-state index contributed by atoms with van der Waals surface area (Å²) in [5.74, 6) is 0.531. The zero-order valence-electron chi connectivity index (χ0n) is 14.2. The van der Waals surface area contributed by atoms with Gasteiger partial charge in [0.2, 0.25) is 5.82 Å². The number of aromatic amines is 1. The van der Waals surface area contributed by atoms with Gasteiger partial charge in [0.25, 0.3) is 0 Å². The highest BCUT2D eigenvalue weighted by atomic mass is 35.5. The molecule has 0 atom stereocenters. The average Bonchev–Trinajstić information content (AvgIpc) is 3.15. The second kappa shape index (κ2) is 6.41. The van der Waals surface area contributed by atoms with E-state index in [0.29, 0.717) is 10.8 Å². The van der Waals surface area contributed by atoms with Crippen LogP contribution in [0.1, 0.15) is 0 Å². The summed E-state index contributed by atoms with van der Waals surface area (Å²) in [5.41, 5.74) is 3.82. The molecule has 0 amide bonds. The Labute approximate surface area is 160 Å². The van der Waals surface area contributed by atoms with Crippen molar-refractivity contribution in [3.8, 4) is 11.4 Å². The van der Waals surface area contributed by atoms with E-state index in [-0.39, 0.29) is 0 Å². The predicted molar refractivity (Wildman–Crippen MR) is 108 cm³/mol. The van der Waals surface area contributed by atoms with Gasteiger partial charge in [-0.25, -0.2) is 0 Å². The first kappa shape index (κ1) is 15.8. The molecule has 0 saturated carbocycles. The zero-order valence-corrected chi connectivity index (χ0v) is 15.0. The maximum absolute atomic E-state index is 6.57. The highest BCUT2D eigenvalue weighted by molar-refractivity contribution is 6.33. The van der Waals surface area contributed by atoms with Gasteiger partial charge in [0, 0.05) is 23.7 Å². The molecular weight excluding hydrogens is 360 g/mol. The number of tetrazole rings is 1. The van der Waals surface area contributed by atoms with E-state index in [0.717, 1.165) is 29.2 Å². The van der Waals surface area contributed by atoms with Gasteiger partial charge in [0.05, 0.1) is 22.1 Å². The van der Waals surface area contributed by atoms with Gasteiger partial charge < -0.3 is 10.2 Å². The van der Waals surface area contributed by atoms with Crippen molar-refractivity contribution in [2.24, 2.45) is 0 Å². The summed E-state index contributed by atoms with van der Waals surface area (Å²) in [6, 6.07) is 18.3. The highest BCUT2D eigenvalue weighted by Crippen LogP contribution is 2.42. The molecule has 2 heterocycles. The van der Waals surface area contributed by atoms with Crippen LogP contribution in [0.5, 0.6) is 0 Å². The maximum atomic E-state index is 6.57. The average molecular weight is 375 g/mol.